The maximum Gasteiger partial charge on any atom is 0.265 e. The van der Waals surface area contributed by atoms with E-state index < -0.39 is 0 Å². The number of anilines is 1. The molecular weight excluding hydrogens is 306 g/mol. The van der Waals surface area contributed by atoms with Crippen LogP contribution in [0.25, 0.3) is 0 Å². The summed E-state index contributed by atoms with van der Waals surface area (Å²) in [5.41, 5.74) is 2.17. The van der Waals surface area contributed by atoms with Crippen LogP contribution < -0.4 is 19.1 Å². The van der Waals surface area contributed by atoms with E-state index in [9.17, 15) is 4.79 Å². The van der Waals surface area contributed by atoms with Gasteiger partial charge in [0, 0.05) is 29.9 Å². The van der Waals surface area contributed by atoms with Gasteiger partial charge < -0.3 is 19.1 Å². The van der Waals surface area contributed by atoms with Crippen molar-refractivity contribution < 1.29 is 19.0 Å². The van der Waals surface area contributed by atoms with Crippen LogP contribution in [0.3, 0.4) is 0 Å². The fourth-order valence-electron chi connectivity index (χ4n) is 3.02. The summed E-state index contributed by atoms with van der Waals surface area (Å²) in [5, 5.41) is 0. The van der Waals surface area contributed by atoms with Crippen molar-refractivity contribution in [3.05, 3.63) is 48.0 Å². The summed E-state index contributed by atoms with van der Waals surface area (Å²) >= 11 is 0. The zero-order valence-electron chi connectivity index (χ0n) is 14.1. The number of carbonyl (C=O) groups excluding carboxylic acids is 1. The van der Waals surface area contributed by atoms with Crippen LogP contribution in [0.4, 0.5) is 5.69 Å². The van der Waals surface area contributed by atoms with E-state index >= 15 is 0 Å². The van der Waals surface area contributed by atoms with Crippen LogP contribution in [0.5, 0.6) is 17.2 Å². The molecule has 3 rings (SSSR count). The summed E-state index contributed by atoms with van der Waals surface area (Å²) in [6.07, 6.45) is 0.870. The van der Waals surface area contributed by atoms with E-state index in [1.807, 2.05) is 30.0 Å². The van der Waals surface area contributed by atoms with Crippen molar-refractivity contribution in [3.63, 3.8) is 0 Å². The predicted molar refractivity (Wildman–Crippen MR) is 92.1 cm³/mol. The van der Waals surface area contributed by atoms with Crippen LogP contribution >= 0.6 is 0 Å². The van der Waals surface area contributed by atoms with Gasteiger partial charge in [-0.05, 0) is 25.0 Å². The van der Waals surface area contributed by atoms with Crippen molar-refractivity contribution in [3.8, 4) is 17.2 Å². The minimum absolute atomic E-state index is 0.0327. The van der Waals surface area contributed by atoms with Crippen molar-refractivity contribution >= 4 is 11.6 Å². The molecule has 2 aromatic carbocycles. The van der Waals surface area contributed by atoms with Gasteiger partial charge in [0.1, 0.15) is 17.2 Å². The fraction of sp³-hybridized carbons (Fsp3) is 0.316. The van der Waals surface area contributed by atoms with Crippen LogP contribution in [0.1, 0.15) is 12.5 Å². The minimum Gasteiger partial charge on any atom is -0.496 e. The van der Waals surface area contributed by atoms with Gasteiger partial charge in [-0.1, -0.05) is 18.2 Å². The number of hydrogen-bond acceptors (Lipinski definition) is 4. The molecule has 0 unspecified atom stereocenters. The molecule has 1 heterocycles. The second kappa shape index (κ2) is 6.83. The molecule has 1 aliphatic rings. The molecule has 0 fully saturated rings. The third-order valence-corrected chi connectivity index (χ3v) is 4.16. The molecule has 5 nitrogen and oxygen atoms in total. The van der Waals surface area contributed by atoms with Crippen molar-refractivity contribution in [2.75, 3.05) is 25.7 Å². The van der Waals surface area contributed by atoms with Gasteiger partial charge >= 0.3 is 0 Å². The van der Waals surface area contributed by atoms with Gasteiger partial charge in [0.15, 0.2) is 6.61 Å². The summed E-state index contributed by atoms with van der Waals surface area (Å²) in [5.74, 6) is 1.72. The molecular formula is C19H21NO4. The maximum absolute atomic E-state index is 12.6. The Labute approximate surface area is 141 Å². The fourth-order valence-corrected chi connectivity index (χ4v) is 3.02. The largest absolute Gasteiger partial charge is 0.496 e. The molecule has 5 heteroatoms. The standard InChI is InChI=1S/C19H21NO4/c1-13-8-14-6-4-5-7-18(14)20(13)19(21)12-24-17-10-15(22-2)9-16(11-17)23-3/h4-7,9-11,13H,8,12H2,1-3H3/t13-/m1/s1. The number of fused-ring (bicyclic) bond motifs is 1. The summed E-state index contributed by atoms with van der Waals surface area (Å²) in [6.45, 7) is 2.02. The molecule has 0 saturated heterocycles. The van der Waals surface area contributed by atoms with Gasteiger partial charge in [-0.25, -0.2) is 0 Å². The van der Waals surface area contributed by atoms with Crippen molar-refractivity contribution in [1.29, 1.82) is 0 Å². The highest BCUT2D eigenvalue weighted by molar-refractivity contribution is 5.97. The molecule has 1 atom stereocenters. The summed E-state index contributed by atoms with van der Waals surface area (Å²) in [7, 11) is 3.15. The highest BCUT2D eigenvalue weighted by atomic mass is 16.5. The summed E-state index contributed by atoms with van der Waals surface area (Å²) < 4.78 is 16.1. The van der Waals surface area contributed by atoms with Crippen molar-refractivity contribution in [1.82, 2.24) is 0 Å². The molecule has 0 spiro atoms. The lowest BCUT2D eigenvalue weighted by Crippen LogP contribution is -2.39. The molecule has 2 aromatic rings. The predicted octanol–water partition coefficient (Wildman–Crippen LogP) is 3.06. The first kappa shape index (κ1) is 16.2. The van der Waals surface area contributed by atoms with Gasteiger partial charge in [-0.3, -0.25) is 4.79 Å². The van der Waals surface area contributed by atoms with Crippen molar-refractivity contribution in [2.45, 2.75) is 19.4 Å². The topological polar surface area (TPSA) is 48.0 Å². The number of benzene rings is 2. The second-order valence-corrected chi connectivity index (χ2v) is 5.78. The Morgan fingerprint density at radius 2 is 1.71 bits per heavy atom. The maximum atomic E-state index is 12.6. The van der Waals surface area contributed by atoms with Gasteiger partial charge in [0.25, 0.3) is 5.91 Å². The Balaban J connectivity index is 1.72. The zero-order valence-corrected chi connectivity index (χ0v) is 14.1. The average molecular weight is 327 g/mol. The van der Waals surface area contributed by atoms with Crippen molar-refractivity contribution in [2.24, 2.45) is 0 Å². The molecule has 0 radical (unpaired) electrons. The molecule has 0 N–H and O–H groups in total. The number of hydrogen-bond donors (Lipinski definition) is 0. The summed E-state index contributed by atoms with van der Waals surface area (Å²) in [6, 6.07) is 13.3. The number of para-hydroxylation sites is 1. The molecule has 1 amide bonds. The molecule has 126 valence electrons. The van der Waals surface area contributed by atoms with Gasteiger partial charge in [0.05, 0.1) is 14.2 Å². The van der Waals surface area contributed by atoms with E-state index in [0.717, 1.165) is 12.1 Å². The van der Waals surface area contributed by atoms with E-state index in [1.54, 1.807) is 32.4 Å². The lowest BCUT2D eigenvalue weighted by atomic mass is 10.1. The lowest BCUT2D eigenvalue weighted by molar-refractivity contribution is -0.120. The Morgan fingerprint density at radius 3 is 2.38 bits per heavy atom. The molecule has 0 saturated carbocycles. The number of rotatable bonds is 5. The molecule has 1 aliphatic heterocycles. The Morgan fingerprint density at radius 1 is 1.08 bits per heavy atom. The van der Waals surface area contributed by atoms with E-state index in [-0.39, 0.29) is 18.6 Å². The van der Waals surface area contributed by atoms with Crippen LogP contribution in [0.15, 0.2) is 42.5 Å². The highest BCUT2D eigenvalue weighted by Crippen LogP contribution is 2.32. The molecule has 0 aromatic heterocycles. The quantitative estimate of drug-likeness (QED) is 0.847. The summed E-state index contributed by atoms with van der Waals surface area (Å²) in [4.78, 5) is 14.5. The van der Waals surface area contributed by atoms with E-state index in [0.29, 0.717) is 17.2 Å². The van der Waals surface area contributed by atoms with Gasteiger partial charge in [-0.15, -0.1) is 0 Å². The number of amides is 1. The number of ether oxygens (including phenoxy) is 3. The Bertz CT molecular complexity index is 722. The van der Waals surface area contributed by atoms with Crippen LogP contribution in [-0.4, -0.2) is 32.8 Å². The third kappa shape index (κ3) is 3.15. The number of carbonyl (C=O) groups is 1. The first-order valence-corrected chi connectivity index (χ1v) is 7.88. The Kier molecular flexibility index (Phi) is 4.60. The van der Waals surface area contributed by atoms with Crippen LogP contribution in [0, 0.1) is 0 Å². The van der Waals surface area contributed by atoms with Crippen LogP contribution in [0.2, 0.25) is 0 Å². The molecule has 0 bridgehead atoms. The first-order chi connectivity index (χ1) is 11.6. The monoisotopic (exact) mass is 327 g/mol. The molecule has 0 aliphatic carbocycles. The van der Waals surface area contributed by atoms with Crippen LogP contribution in [-0.2, 0) is 11.2 Å². The second-order valence-electron chi connectivity index (χ2n) is 5.78. The number of nitrogens with zero attached hydrogens (tertiary/aromatic N) is 1. The van der Waals surface area contributed by atoms with Gasteiger partial charge in [-0.2, -0.15) is 0 Å². The normalized spacial score (nSPS) is 15.8. The molecule has 24 heavy (non-hydrogen) atoms. The number of methoxy groups -OCH3 is 2. The average Bonchev–Trinajstić information content (AvgIpc) is 2.95. The Hall–Kier alpha value is -2.69. The third-order valence-electron chi connectivity index (χ3n) is 4.16. The first-order valence-electron chi connectivity index (χ1n) is 7.88. The lowest BCUT2D eigenvalue weighted by Gasteiger charge is -2.22. The van der Waals surface area contributed by atoms with E-state index in [4.69, 9.17) is 14.2 Å². The smallest absolute Gasteiger partial charge is 0.265 e. The highest BCUT2D eigenvalue weighted by Gasteiger charge is 2.30. The van der Waals surface area contributed by atoms with E-state index in [1.165, 1.54) is 5.56 Å². The zero-order chi connectivity index (χ0) is 17.1. The SMILES string of the molecule is COc1cc(OC)cc(OCC(=O)N2c3ccccc3C[C@H]2C)c1. The van der Waals surface area contributed by atoms with Gasteiger partial charge in [0.2, 0.25) is 0 Å². The van der Waals surface area contributed by atoms with E-state index in [2.05, 4.69) is 6.07 Å². The minimum atomic E-state index is -0.0609.